The highest BCUT2D eigenvalue weighted by Crippen LogP contribution is 2.29. The smallest absolute Gasteiger partial charge is 0.251 e. The van der Waals surface area contributed by atoms with Gasteiger partial charge in [-0.1, -0.05) is 18.2 Å². The van der Waals surface area contributed by atoms with E-state index in [-0.39, 0.29) is 24.9 Å². The number of carbonyl (C=O) groups is 2. The third kappa shape index (κ3) is 2.65. The van der Waals surface area contributed by atoms with Crippen molar-refractivity contribution in [3.05, 3.63) is 41.8 Å². The molecule has 3 heterocycles. The Morgan fingerprint density at radius 2 is 2.12 bits per heavy atom. The molecule has 120 valence electrons. The minimum Gasteiger partial charge on any atom is -0.323 e. The van der Waals surface area contributed by atoms with Crippen LogP contribution in [-0.4, -0.2) is 38.6 Å². The molecular weight excluding hydrogens is 328 g/mol. The SMILES string of the molecule is O=C1CN(C(=O)Cn2nnc(-c3cccs3)n2)c2ccccc2N1. The molecule has 0 aliphatic carbocycles. The largest absolute Gasteiger partial charge is 0.323 e. The first-order chi connectivity index (χ1) is 11.7. The Morgan fingerprint density at radius 3 is 2.96 bits per heavy atom. The van der Waals surface area contributed by atoms with Crippen LogP contribution in [0.2, 0.25) is 0 Å². The molecule has 1 aliphatic rings. The van der Waals surface area contributed by atoms with Crippen molar-refractivity contribution in [2.75, 3.05) is 16.8 Å². The number of nitrogens with one attached hydrogen (secondary N) is 1. The number of benzene rings is 1. The van der Waals surface area contributed by atoms with Crippen LogP contribution >= 0.6 is 11.3 Å². The van der Waals surface area contributed by atoms with Crippen LogP contribution in [-0.2, 0) is 16.1 Å². The molecule has 0 radical (unpaired) electrons. The van der Waals surface area contributed by atoms with E-state index in [0.29, 0.717) is 17.2 Å². The zero-order chi connectivity index (χ0) is 16.5. The van der Waals surface area contributed by atoms with Gasteiger partial charge in [0.25, 0.3) is 5.91 Å². The molecule has 4 rings (SSSR count). The Bertz CT molecular complexity index is 904. The highest BCUT2D eigenvalue weighted by molar-refractivity contribution is 7.13. The van der Waals surface area contributed by atoms with Crippen LogP contribution in [0.4, 0.5) is 11.4 Å². The van der Waals surface area contributed by atoms with Crippen molar-refractivity contribution in [1.29, 1.82) is 0 Å². The number of tetrazole rings is 1. The van der Waals surface area contributed by atoms with Crippen molar-refractivity contribution in [2.24, 2.45) is 0 Å². The molecule has 8 nitrogen and oxygen atoms in total. The van der Waals surface area contributed by atoms with Crippen molar-refractivity contribution in [1.82, 2.24) is 20.2 Å². The summed E-state index contributed by atoms with van der Waals surface area (Å²) in [6.07, 6.45) is 0. The lowest BCUT2D eigenvalue weighted by Gasteiger charge is -2.28. The van der Waals surface area contributed by atoms with Gasteiger partial charge in [0.1, 0.15) is 13.1 Å². The first-order valence-electron chi connectivity index (χ1n) is 7.21. The summed E-state index contributed by atoms with van der Waals surface area (Å²) >= 11 is 1.50. The molecular formula is C15H12N6O2S. The summed E-state index contributed by atoms with van der Waals surface area (Å²) in [5.41, 5.74) is 1.29. The molecule has 0 saturated carbocycles. The number of aromatic nitrogens is 4. The summed E-state index contributed by atoms with van der Waals surface area (Å²) in [6.45, 7) is -0.109. The van der Waals surface area contributed by atoms with Crippen LogP contribution in [0, 0.1) is 0 Å². The fourth-order valence-corrected chi connectivity index (χ4v) is 3.12. The molecule has 1 aromatic carbocycles. The molecule has 0 atom stereocenters. The van der Waals surface area contributed by atoms with Gasteiger partial charge in [0, 0.05) is 0 Å². The lowest BCUT2D eigenvalue weighted by molar-refractivity contribution is -0.122. The standard InChI is InChI=1S/C15H12N6O2S/c22-13-8-20(11-5-2-1-4-10(11)16-13)14(23)9-21-18-15(17-19-21)12-6-3-7-24-12/h1-7H,8-9H2,(H,16,22). The van der Waals surface area contributed by atoms with Gasteiger partial charge in [0.15, 0.2) is 0 Å². The Balaban J connectivity index is 1.56. The molecule has 0 saturated heterocycles. The number of anilines is 2. The minimum absolute atomic E-state index is 0.0255. The average Bonchev–Trinajstić information content (AvgIpc) is 3.25. The van der Waals surface area contributed by atoms with E-state index in [1.807, 2.05) is 23.6 Å². The van der Waals surface area contributed by atoms with E-state index < -0.39 is 0 Å². The second-order valence-electron chi connectivity index (χ2n) is 5.17. The van der Waals surface area contributed by atoms with Gasteiger partial charge < -0.3 is 5.32 Å². The summed E-state index contributed by atoms with van der Waals surface area (Å²) in [4.78, 5) is 28.0. The fraction of sp³-hybridized carbons (Fsp3) is 0.133. The maximum atomic E-state index is 12.6. The Labute approximate surface area is 140 Å². The van der Waals surface area contributed by atoms with Crippen molar-refractivity contribution >= 4 is 34.5 Å². The molecule has 24 heavy (non-hydrogen) atoms. The van der Waals surface area contributed by atoms with Gasteiger partial charge in [-0.2, -0.15) is 4.80 Å². The molecule has 1 N–H and O–H groups in total. The average molecular weight is 340 g/mol. The predicted octanol–water partition coefficient (Wildman–Crippen LogP) is 1.39. The van der Waals surface area contributed by atoms with E-state index in [1.54, 1.807) is 18.2 Å². The molecule has 0 fully saturated rings. The van der Waals surface area contributed by atoms with Crippen LogP contribution in [0.15, 0.2) is 41.8 Å². The molecule has 0 unspecified atom stereocenters. The summed E-state index contributed by atoms with van der Waals surface area (Å²) in [5, 5.41) is 16.8. The van der Waals surface area contributed by atoms with Crippen molar-refractivity contribution < 1.29 is 9.59 Å². The fourth-order valence-electron chi connectivity index (χ4n) is 2.48. The van der Waals surface area contributed by atoms with Crippen molar-refractivity contribution in [2.45, 2.75) is 6.54 Å². The maximum absolute atomic E-state index is 12.6. The quantitative estimate of drug-likeness (QED) is 0.778. The van der Waals surface area contributed by atoms with Crippen molar-refractivity contribution in [3.63, 3.8) is 0 Å². The molecule has 0 spiro atoms. The highest BCUT2D eigenvalue weighted by Gasteiger charge is 2.27. The molecule has 0 bridgehead atoms. The zero-order valence-electron chi connectivity index (χ0n) is 12.4. The van der Waals surface area contributed by atoms with Crippen LogP contribution in [0.25, 0.3) is 10.7 Å². The summed E-state index contributed by atoms with van der Waals surface area (Å²) in [7, 11) is 0. The number of carbonyl (C=O) groups excluding carboxylic acids is 2. The van der Waals surface area contributed by atoms with Crippen LogP contribution in [0.5, 0.6) is 0 Å². The van der Waals surface area contributed by atoms with Crippen LogP contribution in [0.1, 0.15) is 0 Å². The predicted molar refractivity (Wildman–Crippen MR) is 88.6 cm³/mol. The van der Waals surface area contributed by atoms with Gasteiger partial charge in [-0.15, -0.1) is 21.5 Å². The van der Waals surface area contributed by atoms with Crippen LogP contribution in [0.3, 0.4) is 0 Å². The molecule has 9 heteroatoms. The second-order valence-corrected chi connectivity index (χ2v) is 6.11. The summed E-state index contributed by atoms with van der Waals surface area (Å²) < 4.78 is 0. The monoisotopic (exact) mass is 340 g/mol. The van der Waals surface area contributed by atoms with E-state index in [4.69, 9.17) is 0 Å². The number of para-hydroxylation sites is 2. The molecule has 3 aromatic rings. The number of thiophene rings is 1. The van der Waals surface area contributed by atoms with Crippen molar-refractivity contribution in [3.8, 4) is 10.7 Å². The van der Waals surface area contributed by atoms with Gasteiger partial charge in [-0.25, -0.2) is 0 Å². The summed E-state index contributed by atoms with van der Waals surface area (Å²) in [5.74, 6) is -0.0186. The molecule has 2 aromatic heterocycles. The first-order valence-corrected chi connectivity index (χ1v) is 8.09. The van der Waals surface area contributed by atoms with E-state index in [9.17, 15) is 9.59 Å². The summed E-state index contributed by atoms with van der Waals surface area (Å²) in [6, 6.07) is 11.0. The Morgan fingerprint density at radius 1 is 1.25 bits per heavy atom. The molecule has 2 amide bonds. The van der Waals surface area contributed by atoms with E-state index in [2.05, 4.69) is 20.7 Å². The zero-order valence-corrected chi connectivity index (χ0v) is 13.2. The highest BCUT2D eigenvalue weighted by atomic mass is 32.1. The number of hydrogen-bond donors (Lipinski definition) is 1. The topological polar surface area (TPSA) is 93.0 Å². The van der Waals surface area contributed by atoms with Gasteiger partial charge in [0.05, 0.1) is 16.3 Å². The number of nitrogens with zero attached hydrogens (tertiary/aromatic N) is 5. The normalized spacial score (nSPS) is 13.5. The third-order valence-corrected chi connectivity index (χ3v) is 4.41. The van der Waals surface area contributed by atoms with E-state index in [1.165, 1.54) is 21.0 Å². The van der Waals surface area contributed by atoms with Gasteiger partial charge in [-0.05, 0) is 28.8 Å². The van der Waals surface area contributed by atoms with Gasteiger partial charge in [0.2, 0.25) is 11.7 Å². The van der Waals surface area contributed by atoms with E-state index >= 15 is 0 Å². The second kappa shape index (κ2) is 5.85. The van der Waals surface area contributed by atoms with E-state index in [0.717, 1.165) is 4.88 Å². The number of rotatable bonds is 3. The molecule has 1 aliphatic heterocycles. The lowest BCUT2D eigenvalue weighted by atomic mass is 10.2. The first kappa shape index (κ1) is 14.5. The Kier molecular flexibility index (Phi) is 3.54. The maximum Gasteiger partial charge on any atom is 0.251 e. The number of amides is 2. The minimum atomic E-state index is -0.271. The number of hydrogen-bond acceptors (Lipinski definition) is 6. The van der Waals surface area contributed by atoms with Crippen LogP contribution < -0.4 is 10.2 Å². The van der Waals surface area contributed by atoms with Gasteiger partial charge in [-0.3, -0.25) is 14.5 Å². The van der Waals surface area contributed by atoms with Gasteiger partial charge >= 0.3 is 0 Å². The number of fused-ring (bicyclic) bond motifs is 1. The lowest BCUT2D eigenvalue weighted by Crippen LogP contribution is -2.43. The Hall–Kier alpha value is -3.07. The third-order valence-electron chi connectivity index (χ3n) is 3.54.